The Bertz CT molecular complexity index is 688. The predicted molar refractivity (Wildman–Crippen MR) is 80.5 cm³/mol. The molecular formula is C16H17N3O3. The second-order valence-corrected chi connectivity index (χ2v) is 4.91. The van der Waals surface area contributed by atoms with Crippen LogP contribution in [0.2, 0.25) is 0 Å². The van der Waals surface area contributed by atoms with Crippen LogP contribution in [0.5, 0.6) is 5.75 Å². The zero-order chi connectivity index (χ0) is 15.9. The molecule has 1 heterocycles. The number of amides is 1. The molecule has 0 fully saturated rings. The maximum absolute atomic E-state index is 11.8. The van der Waals surface area contributed by atoms with Gasteiger partial charge >= 0.3 is 0 Å². The van der Waals surface area contributed by atoms with E-state index in [-0.39, 0.29) is 24.8 Å². The minimum Gasteiger partial charge on any atom is -0.491 e. The molecule has 1 amide bonds. The first kappa shape index (κ1) is 15.6. The SMILES string of the molecule is Cc1cccc(OCC(O)CNC(=O)c2cc(C#N)c[nH]2)c1. The van der Waals surface area contributed by atoms with E-state index in [4.69, 9.17) is 10.00 Å². The standard InChI is InChI=1S/C16H17N3O3/c1-11-3-2-4-14(5-11)22-10-13(20)9-19-16(21)15-6-12(7-17)8-18-15/h2-6,8,13,18,20H,9-10H2,1H3,(H,19,21). The van der Waals surface area contributed by atoms with Gasteiger partial charge in [0.25, 0.3) is 5.91 Å². The number of rotatable bonds is 6. The Morgan fingerprint density at radius 3 is 3.00 bits per heavy atom. The van der Waals surface area contributed by atoms with Crippen LogP contribution >= 0.6 is 0 Å². The molecule has 0 aliphatic carbocycles. The number of hydrogen-bond donors (Lipinski definition) is 3. The number of carbonyl (C=O) groups excluding carboxylic acids is 1. The Morgan fingerprint density at radius 2 is 2.32 bits per heavy atom. The summed E-state index contributed by atoms with van der Waals surface area (Å²) in [5.41, 5.74) is 1.73. The molecule has 1 aromatic carbocycles. The topological polar surface area (TPSA) is 98.1 Å². The smallest absolute Gasteiger partial charge is 0.267 e. The van der Waals surface area contributed by atoms with Gasteiger partial charge in [0.2, 0.25) is 0 Å². The summed E-state index contributed by atoms with van der Waals surface area (Å²) < 4.78 is 5.46. The second kappa shape index (κ2) is 7.29. The molecule has 0 spiro atoms. The van der Waals surface area contributed by atoms with E-state index in [1.807, 2.05) is 31.2 Å². The highest BCUT2D eigenvalue weighted by Gasteiger charge is 2.11. The number of nitrogens with zero attached hydrogens (tertiary/aromatic N) is 1. The first-order valence-corrected chi connectivity index (χ1v) is 6.82. The number of aryl methyl sites for hydroxylation is 1. The average molecular weight is 299 g/mol. The van der Waals surface area contributed by atoms with Crippen molar-refractivity contribution in [3.05, 3.63) is 53.3 Å². The largest absolute Gasteiger partial charge is 0.491 e. The van der Waals surface area contributed by atoms with Gasteiger partial charge in [-0.25, -0.2) is 0 Å². The van der Waals surface area contributed by atoms with E-state index in [1.54, 1.807) is 6.07 Å². The minimum atomic E-state index is -0.824. The van der Waals surface area contributed by atoms with Gasteiger partial charge in [0.05, 0.1) is 5.56 Å². The molecule has 2 rings (SSSR count). The van der Waals surface area contributed by atoms with Crippen molar-refractivity contribution in [1.29, 1.82) is 5.26 Å². The molecule has 3 N–H and O–H groups in total. The lowest BCUT2D eigenvalue weighted by Gasteiger charge is -2.13. The molecule has 0 aliphatic heterocycles. The monoisotopic (exact) mass is 299 g/mol. The molecule has 22 heavy (non-hydrogen) atoms. The van der Waals surface area contributed by atoms with E-state index in [9.17, 15) is 9.90 Å². The first-order valence-electron chi connectivity index (χ1n) is 6.82. The highest BCUT2D eigenvalue weighted by Crippen LogP contribution is 2.12. The van der Waals surface area contributed by atoms with Crippen LogP contribution in [0.4, 0.5) is 0 Å². The van der Waals surface area contributed by atoms with Crippen molar-refractivity contribution in [2.75, 3.05) is 13.2 Å². The number of aromatic nitrogens is 1. The average Bonchev–Trinajstić information content (AvgIpc) is 3.00. The van der Waals surface area contributed by atoms with Crippen molar-refractivity contribution in [2.24, 2.45) is 0 Å². The Labute approximate surface area is 128 Å². The third-order valence-electron chi connectivity index (χ3n) is 2.99. The molecule has 2 aromatic rings. The third-order valence-corrected chi connectivity index (χ3v) is 2.99. The third kappa shape index (κ3) is 4.36. The molecular weight excluding hydrogens is 282 g/mol. The lowest BCUT2D eigenvalue weighted by Crippen LogP contribution is -2.35. The van der Waals surface area contributed by atoms with E-state index in [2.05, 4.69) is 10.3 Å². The van der Waals surface area contributed by atoms with Gasteiger partial charge in [0.1, 0.15) is 30.2 Å². The fraction of sp³-hybridized carbons (Fsp3) is 0.250. The number of hydrogen-bond acceptors (Lipinski definition) is 4. The molecule has 0 bridgehead atoms. The molecule has 1 unspecified atom stereocenters. The molecule has 114 valence electrons. The number of ether oxygens (including phenoxy) is 1. The van der Waals surface area contributed by atoms with Crippen LogP contribution in [0.1, 0.15) is 21.6 Å². The van der Waals surface area contributed by atoms with E-state index >= 15 is 0 Å². The summed E-state index contributed by atoms with van der Waals surface area (Å²) in [7, 11) is 0. The summed E-state index contributed by atoms with van der Waals surface area (Å²) >= 11 is 0. The van der Waals surface area contributed by atoms with Crippen molar-refractivity contribution >= 4 is 5.91 Å². The summed E-state index contributed by atoms with van der Waals surface area (Å²) in [6, 6.07) is 10.9. The van der Waals surface area contributed by atoms with Gasteiger partial charge < -0.3 is 20.1 Å². The zero-order valence-corrected chi connectivity index (χ0v) is 12.2. The van der Waals surface area contributed by atoms with Crippen LogP contribution in [0.15, 0.2) is 36.5 Å². The highest BCUT2D eigenvalue weighted by molar-refractivity contribution is 5.92. The van der Waals surface area contributed by atoms with Crippen LogP contribution in [0.3, 0.4) is 0 Å². The second-order valence-electron chi connectivity index (χ2n) is 4.91. The Balaban J connectivity index is 1.76. The van der Waals surface area contributed by atoms with Crippen molar-refractivity contribution < 1.29 is 14.6 Å². The van der Waals surface area contributed by atoms with Gasteiger partial charge in [-0.05, 0) is 30.7 Å². The first-order chi connectivity index (χ1) is 10.6. The molecule has 0 radical (unpaired) electrons. The lowest BCUT2D eigenvalue weighted by molar-refractivity contribution is 0.0840. The maximum Gasteiger partial charge on any atom is 0.267 e. The number of H-pyrrole nitrogens is 1. The van der Waals surface area contributed by atoms with Gasteiger partial charge in [0, 0.05) is 12.7 Å². The van der Waals surface area contributed by atoms with Gasteiger partial charge in [-0.15, -0.1) is 0 Å². The molecule has 0 saturated carbocycles. The molecule has 6 nitrogen and oxygen atoms in total. The van der Waals surface area contributed by atoms with Crippen molar-refractivity contribution in [2.45, 2.75) is 13.0 Å². The van der Waals surface area contributed by atoms with E-state index in [0.717, 1.165) is 5.56 Å². The number of benzene rings is 1. The van der Waals surface area contributed by atoms with Gasteiger partial charge in [-0.1, -0.05) is 12.1 Å². The Morgan fingerprint density at radius 1 is 1.50 bits per heavy atom. The van der Waals surface area contributed by atoms with Gasteiger partial charge in [0.15, 0.2) is 0 Å². The number of aliphatic hydroxyl groups is 1. The van der Waals surface area contributed by atoms with Gasteiger partial charge in [-0.3, -0.25) is 4.79 Å². The number of aliphatic hydroxyl groups excluding tert-OH is 1. The van der Waals surface area contributed by atoms with Crippen LogP contribution in [-0.4, -0.2) is 35.3 Å². The molecule has 1 aromatic heterocycles. The number of aromatic amines is 1. The van der Waals surface area contributed by atoms with Crippen LogP contribution in [-0.2, 0) is 0 Å². The predicted octanol–water partition coefficient (Wildman–Crippen LogP) is 1.36. The quantitative estimate of drug-likeness (QED) is 0.750. The van der Waals surface area contributed by atoms with Crippen molar-refractivity contribution in [1.82, 2.24) is 10.3 Å². The van der Waals surface area contributed by atoms with Crippen LogP contribution < -0.4 is 10.1 Å². The van der Waals surface area contributed by atoms with Crippen LogP contribution in [0.25, 0.3) is 0 Å². The van der Waals surface area contributed by atoms with Crippen molar-refractivity contribution in [3.63, 3.8) is 0 Å². The molecule has 6 heteroatoms. The summed E-state index contributed by atoms with van der Waals surface area (Å²) in [6.07, 6.45) is 0.626. The maximum atomic E-state index is 11.8. The Hall–Kier alpha value is -2.78. The van der Waals surface area contributed by atoms with E-state index in [1.165, 1.54) is 12.3 Å². The van der Waals surface area contributed by atoms with Gasteiger partial charge in [-0.2, -0.15) is 5.26 Å². The molecule has 0 saturated heterocycles. The Kier molecular flexibility index (Phi) is 5.17. The fourth-order valence-corrected chi connectivity index (χ4v) is 1.85. The summed E-state index contributed by atoms with van der Waals surface area (Å²) in [6.45, 7) is 2.10. The molecule has 1 atom stereocenters. The van der Waals surface area contributed by atoms with Crippen LogP contribution in [0, 0.1) is 18.3 Å². The zero-order valence-electron chi connectivity index (χ0n) is 12.2. The van der Waals surface area contributed by atoms with Crippen molar-refractivity contribution in [3.8, 4) is 11.8 Å². The van der Waals surface area contributed by atoms with E-state index in [0.29, 0.717) is 11.3 Å². The summed E-state index contributed by atoms with van der Waals surface area (Å²) in [5, 5.41) is 21.1. The number of carbonyl (C=O) groups is 1. The fourth-order valence-electron chi connectivity index (χ4n) is 1.85. The highest BCUT2D eigenvalue weighted by atomic mass is 16.5. The number of nitriles is 1. The number of nitrogens with one attached hydrogen (secondary N) is 2. The lowest BCUT2D eigenvalue weighted by atomic mass is 10.2. The minimum absolute atomic E-state index is 0.0611. The molecule has 0 aliphatic rings. The normalized spacial score (nSPS) is 11.5. The summed E-state index contributed by atoms with van der Waals surface area (Å²) in [5.74, 6) is 0.296. The summed E-state index contributed by atoms with van der Waals surface area (Å²) in [4.78, 5) is 14.5. The van der Waals surface area contributed by atoms with E-state index < -0.39 is 6.10 Å².